The quantitative estimate of drug-likeness (QED) is 0.500. The van der Waals surface area contributed by atoms with Crippen molar-refractivity contribution in [3.05, 3.63) is 91.2 Å². The van der Waals surface area contributed by atoms with Crippen LogP contribution in [0.2, 0.25) is 0 Å². The first kappa shape index (κ1) is 18.5. The summed E-state index contributed by atoms with van der Waals surface area (Å²) in [6.45, 7) is 2.14. The van der Waals surface area contributed by atoms with Crippen molar-refractivity contribution >= 4 is 44.5 Å². The molecular weight excluding hydrogens is 388 g/mol. The van der Waals surface area contributed by atoms with E-state index in [0.717, 1.165) is 34.4 Å². The second-order valence-electron chi connectivity index (χ2n) is 6.42. The van der Waals surface area contributed by atoms with Gasteiger partial charge in [0.25, 0.3) is 5.91 Å². The van der Waals surface area contributed by atoms with Gasteiger partial charge in [-0.15, -0.1) is 11.3 Å². The number of aryl methyl sites for hydroxylation is 1. The number of aromatic nitrogens is 1. The maximum atomic E-state index is 12.6. The van der Waals surface area contributed by atoms with Gasteiger partial charge >= 0.3 is 0 Å². The van der Waals surface area contributed by atoms with Crippen LogP contribution >= 0.6 is 22.7 Å². The van der Waals surface area contributed by atoms with Crippen LogP contribution in [0.1, 0.15) is 32.6 Å². The number of hydrogen-bond acceptors (Lipinski definition) is 5. The number of hydrogen-bond donors (Lipinski definition) is 1. The van der Waals surface area contributed by atoms with E-state index >= 15 is 0 Å². The van der Waals surface area contributed by atoms with Gasteiger partial charge in [-0.1, -0.05) is 60.7 Å². The fourth-order valence-electron chi connectivity index (χ4n) is 2.95. The molecule has 2 aromatic heterocycles. The molecule has 0 bridgehead atoms. The van der Waals surface area contributed by atoms with Crippen molar-refractivity contribution in [3.8, 4) is 0 Å². The van der Waals surface area contributed by atoms with E-state index < -0.39 is 0 Å². The molecule has 0 saturated carbocycles. The molecule has 1 amide bonds. The summed E-state index contributed by atoms with van der Waals surface area (Å²) in [7, 11) is 0. The summed E-state index contributed by atoms with van der Waals surface area (Å²) in [5.74, 6) is -0.305. The highest BCUT2D eigenvalue weighted by Crippen LogP contribution is 2.23. The van der Waals surface area contributed by atoms with Crippen LogP contribution in [0.25, 0.3) is 10.8 Å². The predicted molar refractivity (Wildman–Crippen MR) is 117 cm³/mol. The Hall–Kier alpha value is -2.83. The molecule has 1 N–H and O–H groups in total. The molecule has 4 nitrogen and oxygen atoms in total. The van der Waals surface area contributed by atoms with Crippen LogP contribution in [0.4, 0.5) is 5.13 Å². The molecule has 2 heterocycles. The van der Waals surface area contributed by atoms with E-state index in [1.165, 1.54) is 22.5 Å². The van der Waals surface area contributed by atoms with Crippen molar-refractivity contribution in [1.29, 1.82) is 0 Å². The largest absolute Gasteiger partial charge is 0.297 e. The van der Waals surface area contributed by atoms with Gasteiger partial charge < -0.3 is 0 Å². The summed E-state index contributed by atoms with van der Waals surface area (Å²) in [6, 6.07) is 17.6. The minimum Gasteiger partial charge on any atom is -0.297 e. The molecule has 28 heavy (non-hydrogen) atoms. The number of carbonyl (C=O) groups is 1. The number of fused-ring (bicyclic) bond motifs is 1. The molecule has 4 aromatic rings. The molecule has 0 fully saturated rings. The maximum absolute atomic E-state index is 12.6. The Balaban J connectivity index is 1.49. The summed E-state index contributed by atoms with van der Waals surface area (Å²) in [5, 5.41) is 4.76. The van der Waals surface area contributed by atoms with E-state index in [9.17, 15) is 9.59 Å². The number of amides is 1. The molecule has 6 heteroatoms. The standard InChI is InChI=1S/C22H18N2O2S2/c1-2-14-7-9-15(10-8-14)11-17-13-23-22(27-17)24-20(25)19-12-16-5-3-4-6-18(16)21(26)28-19/h3-10,12-13H,2,11H2,1H3,(H,23,24,25). The van der Waals surface area contributed by atoms with E-state index in [1.54, 1.807) is 18.3 Å². The lowest BCUT2D eigenvalue weighted by Crippen LogP contribution is -2.12. The van der Waals surface area contributed by atoms with Crippen LogP contribution in [0.3, 0.4) is 0 Å². The van der Waals surface area contributed by atoms with Crippen LogP contribution in [-0.4, -0.2) is 10.9 Å². The summed E-state index contributed by atoms with van der Waals surface area (Å²) in [6.07, 6.45) is 3.59. The predicted octanol–water partition coefficient (Wildman–Crippen LogP) is 5.12. The van der Waals surface area contributed by atoms with Gasteiger partial charge in [0.2, 0.25) is 4.74 Å². The Morgan fingerprint density at radius 1 is 1.04 bits per heavy atom. The second kappa shape index (κ2) is 8.04. The van der Waals surface area contributed by atoms with Gasteiger partial charge in [-0.25, -0.2) is 4.98 Å². The zero-order chi connectivity index (χ0) is 19.5. The number of anilines is 1. The number of thiazole rings is 1. The Bertz CT molecular complexity index is 1190. The van der Waals surface area contributed by atoms with Crippen molar-refractivity contribution in [2.75, 3.05) is 5.32 Å². The third kappa shape index (κ3) is 4.03. The summed E-state index contributed by atoms with van der Waals surface area (Å²) in [5.41, 5.74) is 2.53. The molecule has 0 aliphatic carbocycles. The van der Waals surface area contributed by atoms with Crippen LogP contribution in [0.5, 0.6) is 0 Å². The molecular formula is C22H18N2O2S2. The summed E-state index contributed by atoms with van der Waals surface area (Å²) in [4.78, 5) is 30.6. The molecule has 0 aliphatic rings. The zero-order valence-electron chi connectivity index (χ0n) is 15.3. The van der Waals surface area contributed by atoms with Crippen LogP contribution in [0.15, 0.2) is 65.6 Å². The topological polar surface area (TPSA) is 59.1 Å². The fraction of sp³-hybridized carbons (Fsp3) is 0.136. The number of rotatable bonds is 5. The van der Waals surface area contributed by atoms with E-state index in [0.29, 0.717) is 15.4 Å². The molecule has 0 spiro atoms. The van der Waals surface area contributed by atoms with Crippen LogP contribution in [0, 0.1) is 0 Å². The first-order valence-corrected chi connectivity index (χ1v) is 10.6. The fourth-order valence-corrected chi connectivity index (χ4v) is 4.61. The Morgan fingerprint density at radius 3 is 2.57 bits per heavy atom. The van der Waals surface area contributed by atoms with E-state index in [1.807, 2.05) is 18.2 Å². The third-order valence-corrected chi connectivity index (χ3v) is 6.32. The smallest absolute Gasteiger partial charge is 0.267 e. The molecule has 0 saturated heterocycles. The van der Waals surface area contributed by atoms with E-state index in [2.05, 4.69) is 41.5 Å². The van der Waals surface area contributed by atoms with Crippen molar-refractivity contribution < 1.29 is 4.79 Å². The number of nitrogens with one attached hydrogen (secondary N) is 1. The van der Waals surface area contributed by atoms with Crippen molar-refractivity contribution in [1.82, 2.24) is 4.98 Å². The summed E-state index contributed by atoms with van der Waals surface area (Å²) < 4.78 is -0.112. The lowest BCUT2D eigenvalue weighted by molar-refractivity contribution is 0.103. The SMILES string of the molecule is CCc1ccc(Cc2cnc(NC(=O)c3cc4ccccc4c(=O)s3)s2)cc1. The molecule has 140 valence electrons. The monoisotopic (exact) mass is 406 g/mol. The average Bonchev–Trinajstić information content (AvgIpc) is 3.15. The molecule has 4 rings (SSSR count). The van der Waals surface area contributed by atoms with E-state index in [4.69, 9.17) is 0 Å². The van der Waals surface area contributed by atoms with Crippen molar-refractivity contribution in [3.63, 3.8) is 0 Å². The normalized spacial score (nSPS) is 10.9. The highest BCUT2D eigenvalue weighted by Gasteiger charge is 2.13. The van der Waals surface area contributed by atoms with Gasteiger partial charge in [0.05, 0.1) is 4.88 Å². The Morgan fingerprint density at radius 2 is 1.79 bits per heavy atom. The third-order valence-electron chi connectivity index (χ3n) is 4.48. The van der Waals surface area contributed by atoms with Crippen molar-refractivity contribution in [2.45, 2.75) is 19.8 Å². The zero-order valence-corrected chi connectivity index (χ0v) is 16.9. The molecule has 0 unspecified atom stereocenters. The molecule has 2 aromatic carbocycles. The van der Waals surface area contributed by atoms with Gasteiger partial charge in [-0.2, -0.15) is 0 Å². The lowest BCUT2D eigenvalue weighted by Gasteiger charge is -2.02. The number of benzene rings is 2. The van der Waals surface area contributed by atoms with Gasteiger partial charge in [-0.3, -0.25) is 14.9 Å². The van der Waals surface area contributed by atoms with Gasteiger partial charge in [0, 0.05) is 22.9 Å². The minimum absolute atomic E-state index is 0.112. The summed E-state index contributed by atoms with van der Waals surface area (Å²) >= 11 is 2.41. The van der Waals surface area contributed by atoms with E-state index in [-0.39, 0.29) is 10.6 Å². The first-order chi connectivity index (χ1) is 13.6. The molecule has 0 aliphatic heterocycles. The number of carbonyl (C=O) groups excluding carboxylic acids is 1. The Kier molecular flexibility index (Phi) is 5.32. The van der Waals surface area contributed by atoms with Gasteiger partial charge in [0.1, 0.15) is 0 Å². The maximum Gasteiger partial charge on any atom is 0.267 e. The molecule has 0 atom stereocenters. The van der Waals surface area contributed by atoms with Crippen molar-refractivity contribution in [2.24, 2.45) is 0 Å². The second-order valence-corrected chi connectivity index (χ2v) is 8.55. The van der Waals surface area contributed by atoms with Crippen LogP contribution in [-0.2, 0) is 12.8 Å². The Labute approximate surface area is 170 Å². The number of nitrogens with zero attached hydrogens (tertiary/aromatic N) is 1. The lowest BCUT2D eigenvalue weighted by atomic mass is 10.1. The highest BCUT2D eigenvalue weighted by molar-refractivity contribution is 7.16. The molecule has 0 radical (unpaired) electrons. The first-order valence-electron chi connectivity index (χ1n) is 8.99. The minimum atomic E-state index is -0.305. The van der Waals surface area contributed by atoms with Gasteiger partial charge in [0.15, 0.2) is 5.13 Å². The van der Waals surface area contributed by atoms with Gasteiger partial charge in [-0.05, 0) is 35.1 Å². The average molecular weight is 407 g/mol. The highest BCUT2D eigenvalue weighted by atomic mass is 32.1. The van der Waals surface area contributed by atoms with Crippen LogP contribution < -0.4 is 10.1 Å².